The lowest BCUT2D eigenvalue weighted by Crippen LogP contribution is -2.29. The molecule has 0 unspecified atom stereocenters. The SMILES string of the molecule is O=C(O)CNC(=O)c1ccc(C#CCNC(=O)CCCCc2ccccc2)cc1. The van der Waals surface area contributed by atoms with E-state index in [0.29, 0.717) is 17.5 Å². The predicted octanol–water partition coefficient (Wildman–Crippen LogP) is 2.38. The zero-order valence-corrected chi connectivity index (χ0v) is 16.1. The lowest BCUT2D eigenvalue weighted by molar-refractivity contribution is -0.135. The molecule has 2 aromatic carbocycles. The molecular weight excluding hydrogens is 368 g/mol. The van der Waals surface area contributed by atoms with Crippen LogP contribution in [0.5, 0.6) is 0 Å². The van der Waals surface area contributed by atoms with E-state index in [1.54, 1.807) is 24.3 Å². The maximum absolute atomic E-state index is 11.8. The molecule has 0 fully saturated rings. The smallest absolute Gasteiger partial charge is 0.322 e. The lowest BCUT2D eigenvalue weighted by Gasteiger charge is -2.03. The summed E-state index contributed by atoms with van der Waals surface area (Å²) < 4.78 is 0. The number of amides is 2. The maximum Gasteiger partial charge on any atom is 0.322 e. The van der Waals surface area contributed by atoms with Crippen LogP contribution >= 0.6 is 0 Å². The molecule has 6 nitrogen and oxygen atoms in total. The molecule has 0 spiro atoms. The molecule has 0 heterocycles. The van der Waals surface area contributed by atoms with Crippen molar-refractivity contribution in [2.45, 2.75) is 25.7 Å². The fourth-order valence-electron chi connectivity index (χ4n) is 2.60. The van der Waals surface area contributed by atoms with E-state index >= 15 is 0 Å². The number of aryl methyl sites for hydroxylation is 1. The van der Waals surface area contributed by atoms with Crippen LogP contribution in [0.1, 0.15) is 40.7 Å². The first-order valence-electron chi connectivity index (χ1n) is 9.44. The van der Waals surface area contributed by atoms with E-state index in [0.717, 1.165) is 19.3 Å². The van der Waals surface area contributed by atoms with Gasteiger partial charge >= 0.3 is 5.97 Å². The molecule has 0 aliphatic rings. The van der Waals surface area contributed by atoms with Crippen LogP contribution in [-0.2, 0) is 16.0 Å². The highest BCUT2D eigenvalue weighted by Crippen LogP contribution is 2.06. The molecule has 0 aliphatic carbocycles. The Kier molecular flexibility index (Phi) is 8.97. The topological polar surface area (TPSA) is 95.5 Å². The molecule has 0 bridgehead atoms. The van der Waals surface area contributed by atoms with Crippen LogP contribution in [0.25, 0.3) is 0 Å². The summed E-state index contributed by atoms with van der Waals surface area (Å²) in [5, 5.41) is 13.6. The second-order valence-corrected chi connectivity index (χ2v) is 6.42. The number of rotatable bonds is 9. The highest BCUT2D eigenvalue weighted by Gasteiger charge is 2.06. The molecule has 0 aliphatic heterocycles. The van der Waals surface area contributed by atoms with Crippen LogP contribution in [0.15, 0.2) is 54.6 Å². The number of carboxylic acid groups (broad SMARTS) is 1. The third kappa shape index (κ3) is 8.76. The molecule has 3 N–H and O–H groups in total. The van der Waals surface area contributed by atoms with Crippen molar-refractivity contribution in [3.05, 3.63) is 71.3 Å². The highest BCUT2D eigenvalue weighted by molar-refractivity contribution is 5.95. The minimum Gasteiger partial charge on any atom is -0.480 e. The lowest BCUT2D eigenvalue weighted by atomic mass is 10.1. The standard InChI is InChI=1S/C23H24N2O4/c26-21(11-5-4-9-18-7-2-1-3-8-18)24-16-6-10-19-12-14-20(15-13-19)23(29)25-17-22(27)28/h1-3,7-8,12-15H,4-5,9,11,16-17H2,(H,24,26)(H,25,29)(H,27,28). The third-order valence-corrected chi connectivity index (χ3v) is 4.12. The first-order valence-corrected chi connectivity index (χ1v) is 9.44. The molecule has 2 aromatic rings. The van der Waals surface area contributed by atoms with Gasteiger partial charge in [-0.2, -0.15) is 0 Å². The van der Waals surface area contributed by atoms with Crippen molar-refractivity contribution < 1.29 is 19.5 Å². The minimum absolute atomic E-state index is 0.0159. The fraction of sp³-hybridized carbons (Fsp3) is 0.261. The molecule has 0 saturated heterocycles. The number of aliphatic carboxylic acids is 1. The summed E-state index contributed by atoms with van der Waals surface area (Å²) in [7, 11) is 0. The predicted molar refractivity (Wildman–Crippen MR) is 110 cm³/mol. The van der Waals surface area contributed by atoms with Crippen LogP contribution in [-0.4, -0.2) is 36.0 Å². The Hall–Kier alpha value is -3.59. The number of unbranched alkanes of at least 4 members (excludes halogenated alkanes) is 1. The molecule has 29 heavy (non-hydrogen) atoms. The van der Waals surface area contributed by atoms with Crippen LogP contribution < -0.4 is 10.6 Å². The average Bonchev–Trinajstić information content (AvgIpc) is 2.74. The van der Waals surface area contributed by atoms with Gasteiger partial charge in [0.2, 0.25) is 5.91 Å². The van der Waals surface area contributed by atoms with E-state index in [-0.39, 0.29) is 12.5 Å². The summed E-state index contributed by atoms with van der Waals surface area (Å²) in [6, 6.07) is 16.7. The zero-order chi connectivity index (χ0) is 20.9. The van der Waals surface area contributed by atoms with Gasteiger partial charge in [-0.05, 0) is 49.1 Å². The largest absolute Gasteiger partial charge is 0.480 e. The number of benzene rings is 2. The molecular formula is C23H24N2O4. The van der Waals surface area contributed by atoms with E-state index in [4.69, 9.17) is 5.11 Å². The Bertz CT molecular complexity index is 881. The van der Waals surface area contributed by atoms with Gasteiger partial charge in [0.05, 0.1) is 6.54 Å². The van der Waals surface area contributed by atoms with Gasteiger partial charge in [-0.15, -0.1) is 0 Å². The van der Waals surface area contributed by atoms with E-state index in [2.05, 4.69) is 34.6 Å². The van der Waals surface area contributed by atoms with Gasteiger partial charge in [-0.25, -0.2) is 0 Å². The van der Waals surface area contributed by atoms with E-state index < -0.39 is 18.4 Å². The normalized spacial score (nSPS) is 9.79. The van der Waals surface area contributed by atoms with Crippen molar-refractivity contribution in [1.29, 1.82) is 0 Å². The molecule has 150 valence electrons. The number of hydrogen-bond donors (Lipinski definition) is 3. The minimum atomic E-state index is -1.10. The number of carbonyl (C=O) groups is 3. The Morgan fingerprint density at radius 2 is 1.62 bits per heavy atom. The van der Waals surface area contributed by atoms with Gasteiger partial charge in [-0.1, -0.05) is 42.2 Å². The van der Waals surface area contributed by atoms with Crippen molar-refractivity contribution in [3.8, 4) is 11.8 Å². The summed E-state index contributed by atoms with van der Waals surface area (Å²) in [6.07, 6.45) is 3.25. The van der Waals surface area contributed by atoms with Crippen LogP contribution in [0, 0.1) is 11.8 Å². The second kappa shape index (κ2) is 12.0. The number of hydrogen-bond acceptors (Lipinski definition) is 3. The Labute approximate surface area is 170 Å². The van der Waals surface area contributed by atoms with Crippen molar-refractivity contribution in [1.82, 2.24) is 10.6 Å². The van der Waals surface area contributed by atoms with Gasteiger partial charge in [0, 0.05) is 17.5 Å². The zero-order valence-electron chi connectivity index (χ0n) is 16.1. The summed E-state index contributed by atoms with van der Waals surface area (Å²) in [4.78, 5) is 34.0. The van der Waals surface area contributed by atoms with Crippen molar-refractivity contribution in [3.63, 3.8) is 0 Å². The highest BCUT2D eigenvalue weighted by atomic mass is 16.4. The van der Waals surface area contributed by atoms with Crippen LogP contribution in [0.4, 0.5) is 0 Å². The number of nitrogens with one attached hydrogen (secondary N) is 2. The Morgan fingerprint density at radius 3 is 2.31 bits per heavy atom. The fourth-order valence-corrected chi connectivity index (χ4v) is 2.60. The van der Waals surface area contributed by atoms with Gasteiger partial charge in [0.15, 0.2) is 0 Å². The van der Waals surface area contributed by atoms with E-state index in [9.17, 15) is 14.4 Å². The molecule has 0 atom stereocenters. The monoisotopic (exact) mass is 392 g/mol. The van der Waals surface area contributed by atoms with Crippen LogP contribution in [0.3, 0.4) is 0 Å². The van der Waals surface area contributed by atoms with Crippen molar-refractivity contribution in [2.75, 3.05) is 13.1 Å². The quantitative estimate of drug-likeness (QED) is 0.451. The first kappa shape index (κ1) is 21.7. The van der Waals surface area contributed by atoms with Crippen LogP contribution in [0.2, 0.25) is 0 Å². The number of carboxylic acids is 1. The van der Waals surface area contributed by atoms with Gasteiger partial charge < -0.3 is 15.7 Å². The molecule has 0 aromatic heterocycles. The van der Waals surface area contributed by atoms with E-state index in [1.165, 1.54) is 5.56 Å². The van der Waals surface area contributed by atoms with Gasteiger partial charge in [0.1, 0.15) is 6.54 Å². The summed E-state index contributed by atoms with van der Waals surface area (Å²) >= 11 is 0. The molecule has 2 rings (SSSR count). The number of carbonyl (C=O) groups excluding carboxylic acids is 2. The summed E-state index contributed by atoms with van der Waals surface area (Å²) in [5.41, 5.74) is 2.35. The summed E-state index contributed by atoms with van der Waals surface area (Å²) in [6.45, 7) is -0.162. The summed E-state index contributed by atoms with van der Waals surface area (Å²) in [5.74, 6) is 4.23. The maximum atomic E-state index is 11.8. The Balaban J connectivity index is 1.65. The Morgan fingerprint density at radius 1 is 0.897 bits per heavy atom. The third-order valence-electron chi connectivity index (χ3n) is 4.12. The molecule has 6 heteroatoms. The molecule has 2 amide bonds. The second-order valence-electron chi connectivity index (χ2n) is 6.42. The molecule has 0 saturated carbocycles. The average molecular weight is 392 g/mol. The van der Waals surface area contributed by atoms with Gasteiger partial charge in [0.25, 0.3) is 5.91 Å². The van der Waals surface area contributed by atoms with Crippen molar-refractivity contribution in [2.24, 2.45) is 0 Å². The van der Waals surface area contributed by atoms with E-state index in [1.807, 2.05) is 18.2 Å². The first-order chi connectivity index (χ1) is 14.0. The molecule has 0 radical (unpaired) electrons. The van der Waals surface area contributed by atoms with Crippen molar-refractivity contribution >= 4 is 17.8 Å². The van der Waals surface area contributed by atoms with Gasteiger partial charge in [-0.3, -0.25) is 14.4 Å².